The summed E-state index contributed by atoms with van der Waals surface area (Å²) in [4.78, 5) is 0. The molecule has 3 heteroatoms. The van der Waals surface area contributed by atoms with Crippen molar-refractivity contribution in [2.75, 3.05) is 13.1 Å². The Hall–Kier alpha value is -1.97. The summed E-state index contributed by atoms with van der Waals surface area (Å²) in [6, 6.07) is 16.0. The standard InChI is InChI=1S/C18H20FNO/c1-14(11-15-5-3-2-4-6-15)12-20-13-18(21)16-7-9-17(19)10-8-16/h2-11,18,20-21H,12-13H2,1H3/b14-11-. The third-order valence-corrected chi connectivity index (χ3v) is 3.21. The van der Waals surface area contributed by atoms with Crippen LogP contribution in [-0.4, -0.2) is 18.2 Å². The van der Waals surface area contributed by atoms with E-state index >= 15 is 0 Å². The Labute approximate surface area is 124 Å². The summed E-state index contributed by atoms with van der Waals surface area (Å²) < 4.78 is 12.8. The molecule has 0 radical (unpaired) electrons. The van der Waals surface area contributed by atoms with Gasteiger partial charge in [-0.15, -0.1) is 0 Å². The summed E-state index contributed by atoms with van der Waals surface area (Å²) in [5, 5.41) is 13.2. The highest BCUT2D eigenvalue weighted by Gasteiger charge is 2.06. The average Bonchev–Trinajstić information content (AvgIpc) is 2.49. The molecule has 0 fully saturated rings. The van der Waals surface area contributed by atoms with Crippen LogP contribution >= 0.6 is 0 Å². The first-order chi connectivity index (χ1) is 10.1. The van der Waals surface area contributed by atoms with Gasteiger partial charge in [-0.05, 0) is 30.2 Å². The summed E-state index contributed by atoms with van der Waals surface area (Å²) in [6.45, 7) is 3.18. The molecule has 0 aliphatic carbocycles. The van der Waals surface area contributed by atoms with Gasteiger partial charge in [0.2, 0.25) is 0 Å². The third-order valence-electron chi connectivity index (χ3n) is 3.21. The van der Waals surface area contributed by atoms with E-state index in [4.69, 9.17) is 0 Å². The SMILES string of the molecule is C/C(=C/c1ccccc1)CNCC(O)c1ccc(F)cc1. The van der Waals surface area contributed by atoms with E-state index in [1.54, 1.807) is 12.1 Å². The zero-order chi connectivity index (χ0) is 15.1. The zero-order valence-electron chi connectivity index (χ0n) is 12.1. The minimum Gasteiger partial charge on any atom is -0.387 e. The number of aliphatic hydroxyl groups is 1. The van der Waals surface area contributed by atoms with Gasteiger partial charge in [0, 0.05) is 13.1 Å². The molecule has 2 N–H and O–H groups in total. The van der Waals surface area contributed by atoms with Gasteiger partial charge in [-0.3, -0.25) is 0 Å². The van der Waals surface area contributed by atoms with Crippen molar-refractivity contribution in [1.82, 2.24) is 5.32 Å². The fourth-order valence-corrected chi connectivity index (χ4v) is 2.09. The minimum absolute atomic E-state index is 0.291. The molecule has 0 spiro atoms. The van der Waals surface area contributed by atoms with E-state index in [9.17, 15) is 9.50 Å². The van der Waals surface area contributed by atoms with E-state index in [-0.39, 0.29) is 5.82 Å². The average molecular weight is 285 g/mol. The summed E-state index contributed by atoms with van der Waals surface area (Å²) in [7, 11) is 0. The Morgan fingerprint density at radius 2 is 1.81 bits per heavy atom. The number of hydrogen-bond donors (Lipinski definition) is 2. The van der Waals surface area contributed by atoms with Gasteiger partial charge in [0.25, 0.3) is 0 Å². The number of benzene rings is 2. The molecule has 110 valence electrons. The molecule has 0 saturated carbocycles. The van der Waals surface area contributed by atoms with Crippen LogP contribution in [0.1, 0.15) is 24.2 Å². The van der Waals surface area contributed by atoms with Gasteiger partial charge in [0.1, 0.15) is 5.82 Å². The van der Waals surface area contributed by atoms with Gasteiger partial charge in [0.05, 0.1) is 6.10 Å². The van der Waals surface area contributed by atoms with Crippen molar-refractivity contribution in [3.05, 3.63) is 77.1 Å². The van der Waals surface area contributed by atoms with Gasteiger partial charge < -0.3 is 10.4 Å². The molecular formula is C18H20FNO. The molecule has 0 bridgehead atoms. The Bertz CT molecular complexity index is 578. The maximum Gasteiger partial charge on any atom is 0.123 e. The van der Waals surface area contributed by atoms with Crippen LogP contribution in [0.15, 0.2) is 60.2 Å². The summed E-state index contributed by atoms with van der Waals surface area (Å²) in [5.41, 5.74) is 3.07. The molecular weight excluding hydrogens is 265 g/mol. The first-order valence-electron chi connectivity index (χ1n) is 7.01. The fraction of sp³-hybridized carbons (Fsp3) is 0.222. The van der Waals surface area contributed by atoms with Gasteiger partial charge in [-0.1, -0.05) is 54.1 Å². The first kappa shape index (κ1) is 15.4. The van der Waals surface area contributed by atoms with E-state index in [2.05, 4.69) is 23.5 Å². The zero-order valence-corrected chi connectivity index (χ0v) is 12.1. The number of nitrogens with one attached hydrogen (secondary N) is 1. The highest BCUT2D eigenvalue weighted by Crippen LogP contribution is 2.12. The Kier molecular flexibility index (Phi) is 5.67. The van der Waals surface area contributed by atoms with Crippen LogP contribution in [0.25, 0.3) is 6.08 Å². The Morgan fingerprint density at radius 1 is 1.14 bits per heavy atom. The van der Waals surface area contributed by atoms with Crippen molar-refractivity contribution in [2.24, 2.45) is 0 Å². The van der Waals surface area contributed by atoms with Crippen LogP contribution in [0, 0.1) is 5.82 Å². The third kappa shape index (κ3) is 5.14. The smallest absolute Gasteiger partial charge is 0.123 e. The highest BCUT2D eigenvalue weighted by molar-refractivity contribution is 5.52. The second-order valence-electron chi connectivity index (χ2n) is 5.10. The molecule has 0 heterocycles. The lowest BCUT2D eigenvalue weighted by Crippen LogP contribution is -2.23. The topological polar surface area (TPSA) is 32.3 Å². The van der Waals surface area contributed by atoms with E-state index < -0.39 is 6.10 Å². The van der Waals surface area contributed by atoms with E-state index in [0.29, 0.717) is 18.7 Å². The molecule has 0 saturated heterocycles. The van der Waals surface area contributed by atoms with E-state index in [1.165, 1.54) is 17.7 Å². The molecule has 0 aliphatic heterocycles. The van der Waals surface area contributed by atoms with Crippen LogP contribution in [0.3, 0.4) is 0 Å². The Morgan fingerprint density at radius 3 is 2.48 bits per heavy atom. The molecule has 21 heavy (non-hydrogen) atoms. The maximum absolute atomic E-state index is 12.8. The molecule has 2 nitrogen and oxygen atoms in total. The van der Waals surface area contributed by atoms with E-state index in [1.807, 2.05) is 25.1 Å². The van der Waals surface area contributed by atoms with Crippen LogP contribution < -0.4 is 5.32 Å². The largest absolute Gasteiger partial charge is 0.387 e. The van der Waals surface area contributed by atoms with Crippen molar-refractivity contribution in [2.45, 2.75) is 13.0 Å². The van der Waals surface area contributed by atoms with Gasteiger partial charge >= 0.3 is 0 Å². The van der Waals surface area contributed by atoms with E-state index in [0.717, 1.165) is 5.56 Å². The van der Waals surface area contributed by atoms with Gasteiger partial charge in [-0.2, -0.15) is 0 Å². The molecule has 2 aromatic rings. The molecule has 0 aromatic heterocycles. The number of hydrogen-bond acceptors (Lipinski definition) is 2. The quantitative estimate of drug-likeness (QED) is 0.850. The fourth-order valence-electron chi connectivity index (χ4n) is 2.09. The van der Waals surface area contributed by atoms with Crippen LogP contribution in [-0.2, 0) is 0 Å². The minimum atomic E-state index is -0.630. The lowest BCUT2D eigenvalue weighted by molar-refractivity contribution is 0.176. The summed E-state index contributed by atoms with van der Waals surface area (Å²) >= 11 is 0. The molecule has 1 atom stereocenters. The van der Waals surface area contributed by atoms with Gasteiger partial charge in [-0.25, -0.2) is 4.39 Å². The molecule has 1 unspecified atom stereocenters. The van der Waals surface area contributed by atoms with Crippen LogP contribution in [0.2, 0.25) is 0 Å². The monoisotopic (exact) mass is 285 g/mol. The summed E-state index contributed by atoms with van der Waals surface area (Å²) in [5.74, 6) is -0.291. The molecule has 2 rings (SSSR count). The van der Waals surface area contributed by atoms with Crippen LogP contribution in [0.5, 0.6) is 0 Å². The predicted octanol–water partition coefficient (Wildman–Crippen LogP) is 3.55. The van der Waals surface area contributed by atoms with Crippen molar-refractivity contribution < 1.29 is 9.50 Å². The molecule has 0 amide bonds. The van der Waals surface area contributed by atoms with Crippen molar-refractivity contribution in [3.63, 3.8) is 0 Å². The van der Waals surface area contributed by atoms with Gasteiger partial charge in [0.15, 0.2) is 0 Å². The number of rotatable bonds is 6. The lowest BCUT2D eigenvalue weighted by atomic mass is 10.1. The number of halogens is 1. The highest BCUT2D eigenvalue weighted by atomic mass is 19.1. The molecule has 0 aliphatic rings. The van der Waals surface area contributed by atoms with Crippen molar-refractivity contribution in [3.8, 4) is 0 Å². The maximum atomic E-state index is 12.8. The number of aliphatic hydroxyl groups excluding tert-OH is 1. The predicted molar refractivity (Wildman–Crippen MR) is 84.3 cm³/mol. The second kappa shape index (κ2) is 7.72. The van der Waals surface area contributed by atoms with Crippen LogP contribution in [0.4, 0.5) is 4.39 Å². The van der Waals surface area contributed by atoms with Crippen molar-refractivity contribution in [1.29, 1.82) is 0 Å². The summed E-state index contributed by atoms with van der Waals surface area (Å²) in [6.07, 6.45) is 1.48. The second-order valence-corrected chi connectivity index (χ2v) is 5.10. The molecule has 2 aromatic carbocycles. The van der Waals surface area contributed by atoms with Crippen molar-refractivity contribution >= 4 is 6.08 Å². The first-order valence-corrected chi connectivity index (χ1v) is 7.01. The Balaban J connectivity index is 1.81. The normalized spacial score (nSPS) is 13.2. The lowest BCUT2D eigenvalue weighted by Gasteiger charge is -2.12.